The fourth-order valence-corrected chi connectivity index (χ4v) is 2.24. The second-order valence-corrected chi connectivity index (χ2v) is 5.43. The summed E-state index contributed by atoms with van der Waals surface area (Å²) in [6.45, 7) is 3.60. The number of aromatic hydroxyl groups is 1. The molecule has 0 aliphatic heterocycles. The van der Waals surface area contributed by atoms with E-state index in [4.69, 9.17) is 11.6 Å². The molecule has 0 saturated carbocycles. The lowest BCUT2D eigenvalue weighted by molar-refractivity contribution is -0.385. The van der Waals surface area contributed by atoms with Crippen LogP contribution < -0.4 is 5.43 Å². The molecule has 0 aliphatic carbocycles. The van der Waals surface area contributed by atoms with E-state index in [1.165, 1.54) is 10.7 Å². The summed E-state index contributed by atoms with van der Waals surface area (Å²) in [5, 5.41) is 28.5. The number of halogens is 1. The van der Waals surface area contributed by atoms with Crippen LogP contribution in [0.25, 0.3) is 0 Å². The van der Waals surface area contributed by atoms with Crippen LogP contribution in [0.3, 0.4) is 0 Å². The number of hydrogen-bond acceptors (Lipinski definition) is 6. The highest BCUT2D eigenvalue weighted by Gasteiger charge is 2.17. The molecule has 0 saturated heterocycles. The molecule has 9 nitrogen and oxygen atoms in total. The van der Waals surface area contributed by atoms with Gasteiger partial charge in [-0.2, -0.15) is 10.2 Å². The molecule has 1 aromatic heterocycles. The van der Waals surface area contributed by atoms with Gasteiger partial charge in [0.1, 0.15) is 6.54 Å². The number of nitrogens with zero attached hydrogens (tertiary/aromatic N) is 4. The monoisotopic (exact) mass is 351 g/mol. The summed E-state index contributed by atoms with van der Waals surface area (Å²) in [6.07, 6.45) is 1.08. The van der Waals surface area contributed by atoms with E-state index in [9.17, 15) is 20.0 Å². The largest absolute Gasteiger partial charge is 0.502 e. The van der Waals surface area contributed by atoms with Gasteiger partial charge < -0.3 is 5.11 Å². The third-order valence-electron chi connectivity index (χ3n) is 3.07. The van der Waals surface area contributed by atoms with Crippen LogP contribution in [-0.2, 0) is 11.3 Å². The number of nitro groups is 1. The number of hydrazone groups is 1. The molecule has 0 fully saturated rings. The van der Waals surface area contributed by atoms with Gasteiger partial charge in [-0.1, -0.05) is 11.6 Å². The first-order chi connectivity index (χ1) is 11.3. The summed E-state index contributed by atoms with van der Waals surface area (Å²) in [5.41, 5.74) is 3.35. The predicted molar refractivity (Wildman–Crippen MR) is 87.2 cm³/mol. The zero-order valence-electron chi connectivity index (χ0n) is 12.9. The molecule has 0 radical (unpaired) electrons. The van der Waals surface area contributed by atoms with E-state index >= 15 is 0 Å². The first-order valence-corrected chi connectivity index (χ1v) is 7.15. The van der Waals surface area contributed by atoms with E-state index in [0.717, 1.165) is 23.7 Å². The number of carbonyl (C=O) groups is 1. The van der Waals surface area contributed by atoms with Crippen LogP contribution in [0.2, 0.25) is 5.02 Å². The summed E-state index contributed by atoms with van der Waals surface area (Å²) in [7, 11) is 0. The molecule has 0 unspecified atom stereocenters. The van der Waals surface area contributed by atoms with Crippen molar-refractivity contribution in [2.45, 2.75) is 20.4 Å². The third kappa shape index (κ3) is 4.07. The number of benzene rings is 1. The SMILES string of the molecule is Cc1cc(C)n(CC(=O)NN=Cc2cc(Cl)cc([N+](=O)[O-])c2O)n1. The Labute approximate surface area is 141 Å². The minimum atomic E-state index is -0.764. The van der Waals surface area contributed by atoms with Crippen LogP contribution in [0, 0.1) is 24.0 Å². The molecule has 1 aromatic carbocycles. The molecule has 2 aromatic rings. The summed E-state index contributed by atoms with van der Waals surface area (Å²) in [4.78, 5) is 21.9. The van der Waals surface area contributed by atoms with Gasteiger partial charge in [-0.3, -0.25) is 19.6 Å². The van der Waals surface area contributed by atoms with E-state index in [0.29, 0.717) is 0 Å². The summed E-state index contributed by atoms with van der Waals surface area (Å²) in [5.74, 6) is -1.02. The Morgan fingerprint density at radius 2 is 2.21 bits per heavy atom. The van der Waals surface area contributed by atoms with Gasteiger partial charge in [-0.25, -0.2) is 5.43 Å². The van der Waals surface area contributed by atoms with Gasteiger partial charge >= 0.3 is 5.69 Å². The summed E-state index contributed by atoms with van der Waals surface area (Å²) in [6, 6.07) is 4.15. The van der Waals surface area contributed by atoms with Crippen molar-refractivity contribution >= 4 is 29.4 Å². The molecule has 0 spiro atoms. The smallest absolute Gasteiger partial charge is 0.312 e. The number of hydrogen-bond donors (Lipinski definition) is 2. The second kappa shape index (κ2) is 7.09. The van der Waals surface area contributed by atoms with E-state index in [1.807, 2.05) is 19.9 Å². The van der Waals surface area contributed by atoms with Gasteiger partial charge in [0, 0.05) is 22.3 Å². The minimum absolute atomic E-state index is 0.0145. The molecular formula is C14H14ClN5O4. The number of nitrogens with one attached hydrogen (secondary N) is 1. The molecule has 2 N–H and O–H groups in total. The standard InChI is InChI=1S/C14H14ClN5O4/c1-8-3-9(2)19(18-8)7-13(21)17-16-6-10-4-11(15)5-12(14(10)22)20(23)24/h3-6,22H,7H2,1-2H3,(H,17,21). The zero-order chi connectivity index (χ0) is 17.9. The molecule has 2 rings (SSSR count). The normalized spacial score (nSPS) is 11.0. The average molecular weight is 352 g/mol. The molecule has 0 atom stereocenters. The van der Waals surface area contributed by atoms with Crippen LogP contribution in [0.15, 0.2) is 23.3 Å². The van der Waals surface area contributed by atoms with Crippen LogP contribution >= 0.6 is 11.6 Å². The molecule has 24 heavy (non-hydrogen) atoms. The van der Waals surface area contributed by atoms with Gasteiger partial charge in [-0.15, -0.1) is 0 Å². The number of aryl methyl sites for hydroxylation is 2. The number of phenols is 1. The topological polar surface area (TPSA) is 123 Å². The number of aromatic nitrogens is 2. The van der Waals surface area contributed by atoms with Crippen LogP contribution in [-0.4, -0.2) is 31.9 Å². The molecule has 0 bridgehead atoms. The van der Waals surface area contributed by atoms with Gasteiger partial charge in [0.15, 0.2) is 0 Å². The Bertz CT molecular complexity index is 831. The highest BCUT2D eigenvalue weighted by molar-refractivity contribution is 6.31. The van der Waals surface area contributed by atoms with Crippen molar-refractivity contribution in [3.63, 3.8) is 0 Å². The Morgan fingerprint density at radius 3 is 2.79 bits per heavy atom. The fourth-order valence-electron chi connectivity index (χ4n) is 2.02. The molecule has 1 amide bonds. The highest BCUT2D eigenvalue weighted by atomic mass is 35.5. The van der Waals surface area contributed by atoms with Crippen molar-refractivity contribution < 1.29 is 14.8 Å². The molecule has 10 heteroatoms. The van der Waals surface area contributed by atoms with Crippen molar-refractivity contribution in [3.05, 3.63) is 50.3 Å². The highest BCUT2D eigenvalue weighted by Crippen LogP contribution is 2.32. The number of carbonyl (C=O) groups excluding carboxylic acids is 1. The quantitative estimate of drug-likeness (QED) is 0.484. The maximum atomic E-state index is 11.8. The molecule has 1 heterocycles. The van der Waals surface area contributed by atoms with Crippen molar-refractivity contribution in [1.29, 1.82) is 0 Å². The maximum Gasteiger partial charge on any atom is 0.312 e. The average Bonchev–Trinajstić information content (AvgIpc) is 2.79. The van der Waals surface area contributed by atoms with Crippen LogP contribution in [0.5, 0.6) is 5.75 Å². The summed E-state index contributed by atoms with van der Waals surface area (Å²) < 4.78 is 1.52. The lowest BCUT2D eigenvalue weighted by Gasteiger charge is -2.03. The van der Waals surface area contributed by atoms with Crippen LogP contribution in [0.4, 0.5) is 5.69 Å². The van der Waals surface area contributed by atoms with Crippen molar-refractivity contribution in [1.82, 2.24) is 15.2 Å². The Kier molecular flexibility index (Phi) is 5.14. The van der Waals surface area contributed by atoms with Crippen molar-refractivity contribution in [2.75, 3.05) is 0 Å². The first kappa shape index (κ1) is 17.4. The molecular weight excluding hydrogens is 338 g/mol. The number of rotatable bonds is 5. The van der Waals surface area contributed by atoms with Gasteiger partial charge in [-0.05, 0) is 26.0 Å². The zero-order valence-corrected chi connectivity index (χ0v) is 13.6. The van der Waals surface area contributed by atoms with Crippen molar-refractivity contribution in [2.24, 2.45) is 5.10 Å². The van der Waals surface area contributed by atoms with Crippen LogP contribution in [0.1, 0.15) is 17.0 Å². The third-order valence-corrected chi connectivity index (χ3v) is 3.29. The van der Waals surface area contributed by atoms with Gasteiger partial charge in [0.2, 0.25) is 5.75 Å². The summed E-state index contributed by atoms with van der Waals surface area (Å²) >= 11 is 5.76. The van der Waals surface area contributed by atoms with Gasteiger partial charge in [0.05, 0.1) is 16.8 Å². The fraction of sp³-hybridized carbons (Fsp3) is 0.214. The second-order valence-electron chi connectivity index (χ2n) is 5.00. The Morgan fingerprint density at radius 1 is 1.50 bits per heavy atom. The minimum Gasteiger partial charge on any atom is -0.502 e. The molecule has 126 valence electrons. The Hall–Kier alpha value is -2.94. The Balaban J connectivity index is 2.07. The predicted octanol–water partition coefficient (Wildman–Crippen LogP) is 1.92. The van der Waals surface area contributed by atoms with Gasteiger partial charge in [0.25, 0.3) is 5.91 Å². The maximum absolute atomic E-state index is 11.8. The first-order valence-electron chi connectivity index (χ1n) is 6.77. The number of nitro benzene ring substituents is 1. The van der Waals surface area contributed by atoms with E-state index in [-0.39, 0.29) is 17.1 Å². The number of phenolic OH excluding ortho intramolecular Hbond substituents is 1. The number of amides is 1. The lowest BCUT2D eigenvalue weighted by Crippen LogP contribution is -2.24. The van der Waals surface area contributed by atoms with E-state index in [2.05, 4.69) is 15.6 Å². The van der Waals surface area contributed by atoms with E-state index < -0.39 is 22.3 Å². The van der Waals surface area contributed by atoms with Crippen molar-refractivity contribution in [3.8, 4) is 5.75 Å². The lowest BCUT2D eigenvalue weighted by atomic mass is 10.2. The van der Waals surface area contributed by atoms with E-state index in [1.54, 1.807) is 0 Å². The molecule has 0 aliphatic rings.